The maximum absolute atomic E-state index is 12.7. The molecule has 2 aromatic rings. The van der Waals surface area contributed by atoms with Crippen LogP contribution < -0.4 is 10.6 Å². The molecule has 1 fully saturated rings. The average Bonchev–Trinajstić information content (AvgIpc) is 3.30. The van der Waals surface area contributed by atoms with Gasteiger partial charge < -0.3 is 10.6 Å². The minimum Gasteiger partial charge on any atom is -0.320 e. The summed E-state index contributed by atoms with van der Waals surface area (Å²) in [7, 11) is 0. The molecule has 2 N–H and O–H groups in total. The van der Waals surface area contributed by atoms with E-state index in [0.717, 1.165) is 57.7 Å². The van der Waals surface area contributed by atoms with Gasteiger partial charge >= 0.3 is 0 Å². The number of carbonyl (C=O) groups is 1. The molecule has 0 bridgehead atoms. The van der Waals surface area contributed by atoms with E-state index < -0.39 is 0 Å². The molecule has 154 valence electrons. The fourth-order valence-corrected chi connectivity index (χ4v) is 3.99. The zero-order chi connectivity index (χ0) is 17.9. The summed E-state index contributed by atoms with van der Waals surface area (Å²) in [5.74, 6) is -0.130. The van der Waals surface area contributed by atoms with E-state index >= 15 is 0 Å². The van der Waals surface area contributed by atoms with Crippen LogP contribution in [0.25, 0.3) is 0 Å². The van der Waals surface area contributed by atoms with E-state index in [-0.39, 0.29) is 30.7 Å². The number of piperidine rings is 1. The Morgan fingerprint density at radius 3 is 2.89 bits per heavy atom. The van der Waals surface area contributed by atoms with E-state index in [1.54, 1.807) is 0 Å². The largest absolute Gasteiger partial charge is 0.320 e. The number of nitrogens with one attached hydrogen (secondary N) is 2. The first-order valence-electron chi connectivity index (χ1n) is 9.65. The van der Waals surface area contributed by atoms with Crippen molar-refractivity contribution in [1.82, 2.24) is 20.0 Å². The predicted octanol–water partition coefficient (Wildman–Crippen LogP) is 3.63. The first-order valence-corrected chi connectivity index (χ1v) is 9.65. The van der Waals surface area contributed by atoms with Crippen LogP contribution in [0.2, 0.25) is 0 Å². The lowest BCUT2D eigenvalue weighted by Crippen LogP contribution is -2.32. The lowest BCUT2D eigenvalue weighted by Gasteiger charge is -2.22. The van der Waals surface area contributed by atoms with Crippen LogP contribution in [0.1, 0.15) is 53.8 Å². The summed E-state index contributed by atoms with van der Waals surface area (Å²) in [4.78, 5) is 15.1. The van der Waals surface area contributed by atoms with Crippen molar-refractivity contribution in [3.8, 4) is 0 Å². The summed E-state index contributed by atoms with van der Waals surface area (Å²) in [6.07, 6.45) is 5.32. The number of nitrogens with zero attached hydrogens (tertiary/aromatic N) is 3. The van der Waals surface area contributed by atoms with Crippen molar-refractivity contribution in [1.29, 1.82) is 0 Å². The third-order valence-electron chi connectivity index (χ3n) is 5.32. The Morgan fingerprint density at radius 1 is 1.29 bits per heavy atom. The number of rotatable bonds is 5. The molecule has 1 aromatic carbocycles. The molecule has 0 saturated carbocycles. The second kappa shape index (κ2) is 10.3. The van der Waals surface area contributed by atoms with Gasteiger partial charge in [0.15, 0.2) is 5.69 Å². The Labute approximate surface area is 178 Å². The average molecular weight is 426 g/mol. The van der Waals surface area contributed by atoms with Crippen LogP contribution in [0, 0.1) is 0 Å². The topological polar surface area (TPSA) is 62.2 Å². The minimum atomic E-state index is -0.130. The number of halogens is 2. The summed E-state index contributed by atoms with van der Waals surface area (Å²) in [6, 6.07) is 8.33. The van der Waals surface area contributed by atoms with Crippen molar-refractivity contribution >= 4 is 36.4 Å². The second-order valence-corrected chi connectivity index (χ2v) is 7.29. The molecule has 0 aliphatic carbocycles. The summed E-state index contributed by atoms with van der Waals surface area (Å²) in [6.45, 7) is 7.14. The molecule has 6 nitrogen and oxygen atoms in total. The fourth-order valence-electron chi connectivity index (χ4n) is 3.99. The van der Waals surface area contributed by atoms with Crippen molar-refractivity contribution in [2.45, 2.75) is 45.3 Å². The number of fused-ring (bicyclic) bond motifs is 1. The van der Waals surface area contributed by atoms with E-state index in [9.17, 15) is 4.79 Å². The molecule has 2 aliphatic heterocycles. The Balaban J connectivity index is 0.00000140. The van der Waals surface area contributed by atoms with Gasteiger partial charge in [0.2, 0.25) is 0 Å². The summed E-state index contributed by atoms with van der Waals surface area (Å²) < 4.78 is 1.93. The molecule has 2 aliphatic rings. The number of benzene rings is 1. The smallest absolute Gasteiger partial charge is 0.276 e. The third-order valence-corrected chi connectivity index (χ3v) is 5.32. The number of aromatic nitrogens is 2. The molecule has 0 spiro atoms. The van der Waals surface area contributed by atoms with Gasteiger partial charge in [-0.1, -0.05) is 19.1 Å². The molecule has 1 atom stereocenters. The van der Waals surface area contributed by atoms with E-state index in [2.05, 4.69) is 33.6 Å². The van der Waals surface area contributed by atoms with Gasteiger partial charge in [-0.05, 0) is 55.6 Å². The maximum atomic E-state index is 12.7. The zero-order valence-corrected chi connectivity index (χ0v) is 17.8. The van der Waals surface area contributed by atoms with Crippen molar-refractivity contribution in [2.24, 2.45) is 0 Å². The van der Waals surface area contributed by atoms with Gasteiger partial charge in [-0.15, -0.1) is 24.8 Å². The van der Waals surface area contributed by atoms with Gasteiger partial charge in [-0.3, -0.25) is 14.4 Å². The van der Waals surface area contributed by atoms with E-state index in [0.29, 0.717) is 11.7 Å². The molecule has 8 heteroatoms. The maximum Gasteiger partial charge on any atom is 0.276 e. The van der Waals surface area contributed by atoms with Crippen LogP contribution in [0.3, 0.4) is 0 Å². The number of hydrogen-bond donors (Lipinski definition) is 2. The first-order chi connectivity index (χ1) is 12.7. The van der Waals surface area contributed by atoms with Crippen molar-refractivity contribution in [3.63, 3.8) is 0 Å². The van der Waals surface area contributed by atoms with Gasteiger partial charge in [0.25, 0.3) is 5.91 Å². The SMILES string of the molecule is CCCN1Cc2cccc(NC(=O)c3ccn(C4CCCNC4)n3)c2C1.Cl.Cl. The number of carbonyl (C=O) groups excluding carboxylic acids is 1. The van der Waals surface area contributed by atoms with Crippen LogP contribution in [-0.2, 0) is 13.1 Å². The van der Waals surface area contributed by atoms with E-state index in [4.69, 9.17) is 0 Å². The normalized spacial score (nSPS) is 18.7. The number of amides is 1. The Bertz CT molecular complexity index is 789. The monoisotopic (exact) mass is 425 g/mol. The van der Waals surface area contributed by atoms with Crippen molar-refractivity contribution in [2.75, 3.05) is 25.0 Å². The molecule has 1 saturated heterocycles. The van der Waals surface area contributed by atoms with Gasteiger partial charge in [0, 0.05) is 31.5 Å². The Morgan fingerprint density at radius 2 is 2.14 bits per heavy atom. The van der Waals surface area contributed by atoms with Crippen molar-refractivity contribution < 1.29 is 4.79 Å². The fraction of sp³-hybridized carbons (Fsp3) is 0.500. The summed E-state index contributed by atoms with van der Waals surface area (Å²) in [5, 5.41) is 11.0. The van der Waals surface area contributed by atoms with Crippen LogP contribution in [0.5, 0.6) is 0 Å². The highest BCUT2D eigenvalue weighted by molar-refractivity contribution is 6.03. The van der Waals surface area contributed by atoms with Crippen molar-refractivity contribution in [3.05, 3.63) is 47.3 Å². The highest BCUT2D eigenvalue weighted by Gasteiger charge is 2.23. The van der Waals surface area contributed by atoms with E-state index in [1.165, 1.54) is 11.1 Å². The molecular weight excluding hydrogens is 397 g/mol. The van der Waals surface area contributed by atoms with Crippen LogP contribution in [0.15, 0.2) is 30.5 Å². The molecule has 28 heavy (non-hydrogen) atoms. The Hall–Kier alpha value is -1.60. The summed E-state index contributed by atoms with van der Waals surface area (Å²) in [5.41, 5.74) is 3.96. The standard InChI is InChI=1S/C20H27N5O.2ClH/c1-2-10-24-13-15-5-3-7-18(17(15)14-24)22-20(26)19-8-11-25(23-19)16-6-4-9-21-12-16;;/h3,5,7-8,11,16,21H,2,4,6,9-10,12-14H2,1H3,(H,22,26);2*1H. The lowest BCUT2D eigenvalue weighted by atomic mass is 10.1. The summed E-state index contributed by atoms with van der Waals surface area (Å²) >= 11 is 0. The molecule has 4 rings (SSSR count). The predicted molar refractivity (Wildman–Crippen MR) is 117 cm³/mol. The second-order valence-electron chi connectivity index (χ2n) is 7.29. The molecule has 1 aromatic heterocycles. The Kier molecular flexibility index (Phi) is 8.31. The van der Waals surface area contributed by atoms with Gasteiger partial charge in [-0.25, -0.2) is 0 Å². The molecule has 3 heterocycles. The highest BCUT2D eigenvalue weighted by Crippen LogP contribution is 2.29. The third kappa shape index (κ3) is 4.87. The first kappa shape index (κ1) is 22.7. The van der Waals surface area contributed by atoms with E-state index in [1.807, 2.05) is 29.1 Å². The van der Waals surface area contributed by atoms with Crippen LogP contribution in [0.4, 0.5) is 5.69 Å². The minimum absolute atomic E-state index is 0. The lowest BCUT2D eigenvalue weighted by molar-refractivity contribution is 0.102. The molecule has 1 amide bonds. The molecular formula is C20H29Cl2N5O. The van der Waals surface area contributed by atoms with Gasteiger partial charge in [0.05, 0.1) is 6.04 Å². The number of anilines is 1. The molecule has 0 radical (unpaired) electrons. The van der Waals surface area contributed by atoms with Crippen LogP contribution >= 0.6 is 24.8 Å². The van der Waals surface area contributed by atoms with Gasteiger partial charge in [-0.2, -0.15) is 5.10 Å². The van der Waals surface area contributed by atoms with Crippen LogP contribution in [-0.4, -0.2) is 40.2 Å². The van der Waals surface area contributed by atoms with Gasteiger partial charge in [0.1, 0.15) is 0 Å². The zero-order valence-electron chi connectivity index (χ0n) is 16.2. The quantitative estimate of drug-likeness (QED) is 0.767. The number of hydrogen-bond acceptors (Lipinski definition) is 4. The molecule has 1 unspecified atom stereocenters. The highest BCUT2D eigenvalue weighted by atomic mass is 35.5.